The summed E-state index contributed by atoms with van der Waals surface area (Å²) < 4.78 is 11.4. The summed E-state index contributed by atoms with van der Waals surface area (Å²) in [6.45, 7) is 0. The van der Waals surface area contributed by atoms with Crippen molar-refractivity contribution in [3.8, 4) is 0 Å². The molecule has 0 spiro atoms. The SMILES string of the molecule is OP1(O)(OP)OO1.[LiH]. The quantitative estimate of drug-likeness (QED) is 0.224. The minimum absolute atomic E-state index is 0. The molecule has 0 aromatic rings. The summed E-state index contributed by atoms with van der Waals surface area (Å²) in [5, 5.41) is 0. The van der Waals surface area contributed by atoms with E-state index in [4.69, 9.17) is 9.79 Å². The van der Waals surface area contributed by atoms with Crippen molar-refractivity contribution < 1.29 is 23.4 Å². The van der Waals surface area contributed by atoms with Crippen LogP contribution in [-0.2, 0) is 13.7 Å². The molecule has 1 unspecified atom stereocenters. The number of hydrogen-bond acceptors (Lipinski definition) is 5. The van der Waals surface area contributed by atoms with Crippen LogP contribution in [0.15, 0.2) is 0 Å². The maximum absolute atomic E-state index is 8.40. The average molecular weight is 154 g/mol. The van der Waals surface area contributed by atoms with Gasteiger partial charge in [0.2, 0.25) is 0 Å². The topological polar surface area (TPSA) is 74.8 Å². The van der Waals surface area contributed by atoms with Crippen LogP contribution < -0.4 is 0 Å². The van der Waals surface area contributed by atoms with Gasteiger partial charge < -0.3 is 0 Å². The van der Waals surface area contributed by atoms with E-state index < -0.39 is 7.74 Å². The minimum atomic E-state index is -4.36. The second-order valence-corrected chi connectivity index (χ2v) is 3.80. The van der Waals surface area contributed by atoms with Gasteiger partial charge in [0.1, 0.15) is 0 Å². The van der Waals surface area contributed by atoms with Gasteiger partial charge in [0.15, 0.2) is 0 Å². The van der Waals surface area contributed by atoms with Gasteiger partial charge in [0, 0.05) is 0 Å². The molecule has 0 aromatic heterocycles. The van der Waals surface area contributed by atoms with E-state index in [0.717, 1.165) is 0 Å². The Bertz CT molecular complexity index is 92.6. The molecule has 1 rings (SSSR count). The summed E-state index contributed by atoms with van der Waals surface area (Å²) in [4.78, 5) is 16.8. The van der Waals surface area contributed by atoms with Crippen molar-refractivity contribution in [2.75, 3.05) is 0 Å². The van der Waals surface area contributed by atoms with Crippen molar-refractivity contribution >= 4 is 36.1 Å². The summed E-state index contributed by atoms with van der Waals surface area (Å²) in [7, 11) is -2.74. The molecule has 0 radical (unpaired) electrons. The van der Waals surface area contributed by atoms with Gasteiger partial charge >= 0.3 is 59.5 Å². The molecular weight excluding hydrogens is 149 g/mol. The van der Waals surface area contributed by atoms with Crippen molar-refractivity contribution in [1.29, 1.82) is 0 Å². The Morgan fingerprint density at radius 3 is 1.75 bits per heavy atom. The molecule has 1 saturated heterocycles. The molecule has 1 heterocycles. The summed E-state index contributed by atoms with van der Waals surface area (Å²) >= 11 is 0. The van der Waals surface area contributed by atoms with E-state index in [1.54, 1.807) is 9.47 Å². The monoisotopic (exact) mass is 154 g/mol. The van der Waals surface area contributed by atoms with Crippen molar-refractivity contribution in [3.05, 3.63) is 0 Å². The van der Waals surface area contributed by atoms with Gasteiger partial charge in [-0.3, -0.25) is 0 Å². The van der Waals surface area contributed by atoms with Crippen LogP contribution in [0.2, 0.25) is 0 Å². The predicted molar refractivity (Wildman–Crippen MR) is 31.5 cm³/mol. The summed E-state index contributed by atoms with van der Waals surface area (Å²) in [5.74, 6) is 0. The first-order valence-corrected chi connectivity index (χ1v) is 3.72. The van der Waals surface area contributed by atoms with E-state index in [0.29, 0.717) is 0 Å². The molecular formula is H5LiO5P2. The van der Waals surface area contributed by atoms with E-state index in [2.05, 4.69) is 13.7 Å². The molecule has 2 N–H and O–H groups in total. The molecule has 1 aliphatic heterocycles. The molecule has 1 aliphatic rings. The fourth-order valence-corrected chi connectivity index (χ4v) is 0.707. The third-order valence-corrected chi connectivity index (χ3v) is 2.43. The van der Waals surface area contributed by atoms with Gasteiger partial charge in [-0.2, -0.15) is 0 Å². The molecule has 46 valence electrons. The van der Waals surface area contributed by atoms with Crippen LogP contribution in [0.25, 0.3) is 0 Å². The Morgan fingerprint density at radius 1 is 1.38 bits per heavy atom. The third-order valence-electron chi connectivity index (χ3n) is 0.449. The Hall–Kier alpha value is 1.26. The molecule has 0 bridgehead atoms. The Labute approximate surface area is 60.0 Å². The van der Waals surface area contributed by atoms with E-state index in [1.807, 2.05) is 0 Å². The van der Waals surface area contributed by atoms with Crippen LogP contribution in [0.4, 0.5) is 0 Å². The van der Waals surface area contributed by atoms with Crippen LogP contribution in [0.3, 0.4) is 0 Å². The number of rotatable bonds is 1. The standard InChI is InChI=1S/Li.H4O5P2.H/c;1-7(2,5-6)3-4-7;/h;1-2H,6H2;. The molecule has 0 amide bonds. The van der Waals surface area contributed by atoms with Gasteiger partial charge in [0.05, 0.1) is 0 Å². The Morgan fingerprint density at radius 2 is 1.75 bits per heavy atom. The molecule has 0 aliphatic carbocycles. The van der Waals surface area contributed by atoms with E-state index >= 15 is 0 Å². The van der Waals surface area contributed by atoms with Gasteiger partial charge in [-0.1, -0.05) is 0 Å². The van der Waals surface area contributed by atoms with Crippen molar-refractivity contribution in [2.24, 2.45) is 0 Å². The third kappa shape index (κ3) is 1.89. The fraction of sp³-hybridized carbons (Fsp3) is 0. The molecule has 8 heteroatoms. The molecule has 1 fully saturated rings. The Kier molecular flexibility index (Phi) is 2.48. The average Bonchev–Trinajstić information content (AvgIpc) is 2.20. The summed E-state index contributed by atoms with van der Waals surface area (Å²) in [5.41, 5.74) is 0. The Balaban J connectivity index is 0.000000490. The van der Waals surface area contributed by atoms with Crippen molar-refractivity contribution in [2.45, 2.75) is 0 Å². The van der Waals surface area contributed by atoms with E-state index in [-0.39, 0.29) is 18.9 Å². The van der Waals surface area contributed by atoms with E-state index in [9.17, 15) is 0 Å². The second-order valence-electron chi connectivity index (χ2n) is 1.06. The fourth-order valence-electron chi connectivity index (χ4n) is 0.0786. The zero-order chi connectivity index (χ0) is 5.57. The summed E-state index contributed by atoms with van der Waals surface area (Å²) in [6, 6.07) is 0. The zero-order valence-electron chi connectivity index (χ0n) is 3.14. The van der Waals surface area contributed by atoms with Gasteiger partial charge in [-0.05, 0) is 0 Å². The number of hydrogen-bond donors (Lipinski definition) is 2. The van der Waals surface area contributed by atoms with Gasteiger partial charge in [-0.15, -0.1) is 0 Å². The van der Waals surface area contributed by atoms with Crippen molar-refractivity contribution in [3.63, 3.8) is 0 Å². The summed E-state index contributed by atoms with van der Waals surface area (Å²) in [6.07, 6.45) is 0. The zero-order valence-corrected chi connectivity index (χ0v) is 5.19. The molecule has 8 heavy (non-hydrogen) atoms. The first-order chi connectivity index (χ1) is 3.05. The second kappa shape index (κ2) is 2.14. The molecule has 0 aromatic carbocycles. The molecule has 0 saturated carbocycles. The van der Waals surface area contributed by atoms with Crippen LogP contribution in [0.1, 0.15) is 0 Å². The van der Waals surface area contributed by atoms with Crippen LogP contribution >= 0.6 is 17.2 Å². The van der Waals surface area contributed by atoms with Gasteiger partial charge in [-0.25, -0.2) is 0 Å². The maximum atomic E-state index is 8.40. The molecule has 5 nitrogen and oxygen atoms in total. The van der Waals surface area contributed by atoms with Crippen LogP contribution in [-0.4, -0.2) is 28.6 Å². The van der Waals surface area contributed by atoms with Crippen LogP contribution in [0.5, 0.6) is 0 Å². The molecule has 1 atom stereocenters. The normalized spacial score (nSPS) is 33.6. The predicted octanol–water partition coefficient (Wildman–Crippen LogP) is -0.781. The first-order valence-electron chi connectivity index (χ1n) is 1.35. The first kappa shape index (κ1) is 9.26. The van der Waals surface area contributed by atoms with Gasteiger partial charge in [0.25, 0.3) is 0 Å². The van der Waals surface area contributed by atoms with E-state index in [1.165, 1.54) is 0 Å². The van der Waals surface area contributed by atoms with Crippen LogP contribution in [0, 0.1) is 0 Å². The van der Waals surface area contributed by atoms with Crippen molar-refractivity contribution in [1.82, 2.24) is 0 Å².